The molecule has 23 heavy (non-hydrogen) atoms. The summed E-state index contributed by atoms with van der Waals surface area (Å²) in [6, 6.07) is 2.44. The monoisotopic (exact) mass is 347 g/mol. The third-order valence-corrected chi connectivity index (χ3v) is 3.21. The average Bonchev–Trinajstić information content (AvgIpc) is 2.48. The molecule has 1 aromatic rings. The van der Waals surface area contributed by atoms with Gasteiger partial charge in [-0.05, 0) is 30.7 Å². The topological polar surface area (TPSA) is 84.3 Å². The molecule has 0 N–H and O–H groups in total. The van der Waals surface area contributed by atoms with Crippen LogP contribution in [0.5, 0.6) is 5.75 Å². The minimum Gasteiger partial charge on any atom is -0.475 e. The van der Waals surface area contributed by atoms with Gasteiger partial charge in [-0.2, -0.15) is 13.2 Å². The number of hydrogen-bond acceptors (Lipinski definition) is 4. The first-order chi connectivity index (χ1) is 10.8. The third kappa shape index (κ3) is 3.35. The number of benzene rings is 1. The van der Waals surface area contributed by atoms with Crippen LogP contribution in [0.4, 0.5) is 18.9 Å². The van der Waals surface area contributed by atoms with Crippen molar-refractivity contribution in [2.24, 2.45) is 5.11 Å². The normalized spacial score (nSPS) is 16.6. The molecule has 0 aromatic heterocycles. The van der Waals surface area contributed by atoms with Crippen LogP contribution in [0.2, 0.25) is 5.02 Å². The van der Waals surface area contributed by atoms with Crippen LogP contribution in [0, 0.1) is 0 Å². The highest BCUT2D eigenvalue weighted by atomic mass is 35.5. The van der Waals surface area contributed by atoms with Gasteiger partial charge in [-0.25, -0.2) is 4.79 Å². The molecule has 1 aromatic carbocycles. The highest BCUT2D eigenvalue weighted by Gasteiger charge is 2.49. The zero-order chi connectivity index (χ0) is 17.2. The number of azide groups is 1. The number of esters is 1. The van der Waals surface area contributed by atoms with Gasteiger partial charge in [0.1, 0.15) is 5.75 Å². The van der Waals surface area contributed by atoms with Gasteiger partial charge < -0.3 is 9.47 Å². The number of alkyl halides is 3. The number of carbonyl (C=O) groups is 1. The first-order valence-electron chi connectivity index (χ1n) is 6.29. The van der Waals surface area contributed by atoms with Gasteiger partial charge in [0.15, 0.2) is 0 Å². The van der Waals surface area contributed by atoms with Gasteiger partial charge in [-0.3, -0.25) is 0 Å². The van der Waals surface area contributed by atoms with E-state index in [0.29, 0.717) is 0 Å². The number of hydrogen-bond donors (Lipinski definition) is 0. The van der Waals surface area contributed by atoms with E-state index in [4.69, 9.17) is 21.9 Å². The Bertz CT molecular complexity index is 727. The predicted octanol–water partition coefficient (Wildman–Crippen LogP) is 4.55. The first kappa shape index (κ1) is 17.0. The molecule has 0 bridgehead atoms. The van der Waals surface area contributed by atoms with Gasteiger partial charge in [0, 0.05) is 10.5 Å². The number of halogens is 4. The Hall–Kier alpha value is -2.38. The van der Waals surface area contributed by atoms with E-state index in [1.165, 1.54) is 19.1 Å². The zero-order valence-electron chi connectivity index (χ0n) is 11.6. The van der Waals surface area contributed by atoms with E-state index in [9.17, 15) is 18.0 Å². The highest BCUT2D eigenvalue weighted by molar-refractivity contribution is 6.33. The summed E-state index contributed by atoms with van der Waals surface area (Å²) in [5.41, 5.74) is 7.66. The summed E-state index contributed by atoms with van der Waals surface area (Å²) < 4.78 is 48.9. The van der Waals surface area contributed by atoms with Crippen LogP contribution in [-0.4, -0.2) is 24.9 Å². The SMILES string of the molecule is CCOC(=O)C1=Cc2c(ccc(Cl)c2N=[N+]=[N-])OC1C(F)(F)F. The minimum absolute atomic E-state index is 0.00932. The molecular weight excluding hydrogens is 339 g/mol. The molecule has 1 atom stereocenters. The summed E-state index contributed by atoms with van der Waals surface area (Å²) in [5, 5.41) is 3.35. The van der Waals surface area contributed by atoms with Gasteiger partial charge in [0.25, 0.3) is 0 Å². The summed E-state index contributed by atoms with van der Waals surface area (Å²) in [7, 11) is 0. The molecule has 0 radical (unpaired) electrons. The maximum Gasteiger partial charge on any atom is 0.430 e. The lowest BCUT2D eigenvalue weighted by Crippen LogP contribution is -2.40. The fourth-order valence-electron chi connectivity index (χ4n) is 2.00. The Morgan fingerprint density at radius 3 is 2.78 bits per heavy atom. The van der Waals surface area contributed by atoms with Crippen molar-refractivity contribution in [3.8, 4) is 5.75 Å². The second-order valence-electron chi connectivity index (χ2n) is 4.36. The van der Waals surface area contributed by atoms with Crippen LogP contribution in [0.15, 0.2) is 22.8 Å². The van der Waals surface area contributed by atoms with Crippen molar-refractivity contribution in [2.75, 3.05) is 6.61 Å². The number of ether oxygens (including phenoxy) is 2. The maximum absolute atomic E-state index is 13.1. The van der Waals surface area contributed by atoms with E-state index in [-0.39, 0.29) is 28.6 Å². The second kappa shape index (κ2) is 6.39. The molecule has 122 valence electrons. The summed E-state index contributed by atoms with van der Waals surface area (Å²) >= 11 is 5.87. The van der Waals surface area contributed by atoms with Gasteiger partial charge in [0.05, 0.1) is 22.9 Å². The fraction of sp³-hybridized carbons (Fsp3) is 0.308. The molecule has 1 unspecified atom stereocenters. The Morgan fingerprint density at radius 1 is 1.52 bits per heavy atom. The van der Waals surface area contributed by atoms with Crippen LogP contribution in [0.3, 0.4) is 0 Å². The van der Waals surface area contributed by atoms with Crippen molar-refractivity contribution < 1.29 is 27.4 Å². The lowest BCUT2D eigenvalue weighted by atomic mass is 10.00. The predicted molar refractivity (Wildman–Crippen MR) is 75.3 cm³/mol. The summed E-state index contributed by atoms with van der Waals surface area (Å²) in [4.78, 5) is 14.4. The molecule has 1 aliphatic rings. The second-order valence-corrected chi connectivity index (χ2v) is 4.76. The molecule has 0 aliphatic carbocycles. The molecule has 0 fully saturated rings. The third-order valence-electron chi connectivity index (χ3n) is 2.91. The number of fused-ring (bicyclic) bond motifs is 1. The molecular formula is C13H9ClF3N3O3. The molecule has 6 nitrogen and oxygen atoms in total. The lowest BCUT2D eigenvalue weighted by Gasteiger charge is -2.28. The van der Waals surface area contributed by atoms with Crippen molar-refractivity contribution in [3.63, 3.8) is 0 Å². The van der Waals surface area contributed by atoms with Crippen LogP contribution < -0.4 is 4.74 Å². The van der Waals surface area contributed by atoms with E-state index in [2.05, 4.69) is 14.8 Å². The average molecular weight is 348 g/mol. The fourth-order valence-corrected chi connectivity index (χ4v) is 2.20. The van der Waals surface area contributed by atoms with Crippen molar-refractivity contribution in [2.45, 2.75) is 19.2 Å². The molecule has 0 amide bonds. The molecule has 2 rings (SSSR count). The van der Waals surface area contributed by atoms with Crippen LogP contribution in [0.1, 0.15) is 12.5 Å². The van der Waals surface area contributed by atoms with E-state index < -0.39 is 23.8 Å². The zero-order valence-corrected chi connectivity index (χ0v) is 12.4. The molecule has 10 heteroatoms. The van der Waals surface area contributed by atoms with Crippen LogP contribution in [0.25, 0.3) is 16.5 Å². The molecule has 0 saturated heterocycles. The Balaban J connectivity index is 2.65. The van der Waals surface area contributed by atoms with E-state index in [1.807, 2.05) is 0 Å². The van der Waals surface area contributed by atoms with Crippen molar-refractivity contribution in [1.29, 1.82) is 0 Å². The first-order valence-corrected chi connectivity index (χ1v) is 6.67. The van der Waals surface area contributed by atoms with Crippen LogP contribution in [-0.2, 0) is 9.53 Å². The molecule has 0 spiro atoms. The molecule has 0 saturated carbocycles. The molecule has 1 aliphatic heterocycles. The van der Waals surface area contributed by atoms with Crippen molar-refractivity contribution in [1.82, 2.24) is 0 Å². The quantitative estimate of drug-likeness (QED) is 0.348. The van der Waals surface area contributed by atoms with Gasteiger partial charge in [0.2, 0.25) is 6.10 Å². The molecule has 1 heterocycles. The Kier molecular flexibility index (Phi) is 4.72. The lowest BCUT2D eigenvalue weighted by molar-refractivity contribution is -0.187. The van der Waals surface area contributed by atoms with Gasteiger partial charge in [-0.15, -0.1) is 0 Å². The largest absolute Gasteiger partial charge is 0.475 e. The summed E-state index contributed by atoms with van der Waals surface area (Å²) in [6.45, 7) is 1.35. The van der Waals surface area contributed by atoms with E-state index in [1.54, 1.807) is 0 Å². The highest BCUT2D eigenvalue weighted by Crippen LogP contribution is 2.44. The summed E-state index contributed by atoms with van der Waals surface area (Å²) in [5.74, 6) is -1.38. The Morgan fingerprint density at radius 2 is 2.22 bits per heavy atom. The van der Waals surface area contributed by atoms with Crippen LogP contribution >= 0.6 is 11.6 Å². The van der Waals surface area contributed by atoms with Crippen molar-refractivity contribution >= 4 is 29.3 Å². The van der Waals surface area contributed by atoms with Gasteiger partial charge in [-0.1, -0.05) is 16.7 Å². The smallest absolute Gasteiger partial charge is 0.430 e. The Labute approximate surface area is 133 Å². The van der Waals surface area contributed by atoms with Crippen molar-refractivity contribution in [3.05, 3.63) is 38.7 Å². The van der Waals surface area contributed by atoms with E-state index in [0.717, 1.165) is 6.08 Å². The number of nitrogens with zero attached hydrogens (tertiary/aromatic N) is 3. The number of rotatable bonds is 3. The minimum atomic E-state index is -4.82. The number of carbonyl (C=O) groups excluding carboxylic acids is 1. The van der Waals surface area contributed by atoms with E-state index >= 15 is 0 Å². The standard InChI is InChI=1S/C13H9ClF3N3O3/c1-2-22-12(21)7-5-6-9(23-11(7)13(15,16)17)4-3-8(14)10(6)19-20-18/h3-5,11H,2H2,1H3. The maximum atomic E-state index is 13.1. The summed E-state index contributed by atoms with van der Waals surface area (Å²) in [6.07, 6.45) is -6.38. The van der Waals surface area contributed by atoms with Gasteiger partial charge >= 0.3 is 12.1 Å².